The van der Waals surface area contributed by atoms with Gasteiger partial charge in [-0.1, -0.05) is 41.9 Å². The molecule has 26 heavy (non-hydrogen) atoms. The van der Waals surface area contributed by atoms with Crippen molar-refractivity contribution in [3.05, 3.63) is 77.7 Å². The topological polar surface area (TPSA) is 73.8 Å². The molecule has 0 aliphatic rings. The Hall–Kier alpha value is -2.89. The fourth-order valence-corrected chi connectivity index (χ4v) is 3.14. The Morgan fingerprint density at radius 3 is 2.81 bits per heavy atom. The lowest BCUT2D eigenvalue weighted by atomic mass is 10.1. The van der Waals surface area contributed by atoms with E-state index in [1.807, 2.05) is 60.8 Å². The van der Waals surface area contributed by atoms with Crippen molar-refractivity contribution in [1.29, 1.82) is 0 Å². The van der Waals surface area contributed by atoms with E-state index in [4.69, 9.17) is 11.6 Å². The smallest absolute Gasteiger partial charge is 0.137 e. The summed E-state index contributed by atoms with van der Waals surface area (Å²) in [6.45, 7) is 0.340. The second kappa shape index (κ2) is 7.15. The SMILES string of the molecule is OC(CNc1cc(-c2c[nH]c3ncccc23)cc(Cl)n1)c1ccccc1. The highest BCUT2D eigenvalue weighted by Gasteiger charge is 2.11. The fraction of sp³-hybridized carbons (Fsp3) is 0.100. The number of aliphatic hydroxyl groups excluding tert-OH is 1. The third-order valence-electron chi connectivity index (χ3n) is 4.22. The molecule has 0 spiro atoms. The lowest BCUT2D eigenvalue weighted by Gasteiger charge is -2.13. The van der Waals surface area contributed by atoms with Crippen LogP contribution in [0.15, 0.2) is 67.0 Å². The van der Waals surface area contributed by atoms with Gasteiger partial charge in [-0.05, 0) is 35.4 Å². The van der Waals surface area contributed by atoms with Crippen LogP contribution in [0.2, 0.25) is 5.15 Å². The first-order chi connectivity index (χ1) is 12.7. The van der Waals surface area contributed by atoms with E-state index in [0.29, 0.717) is 17.5 Å². The van der Waals surface area contributed by atoms with Crippen molar-refractivity contribution in [2.24, 2.45) is 0 Å². The summed E-state index contributed by atoms with van der Waals surface area (Å²) in [5.41, 5.74) is 3.61. The second-order valence-electron chi connectivity index (χ2n) is 5.97. The maximum atomic E-state index is 10.3. The van der Waals surface area contributed by atoms with Crippen molar-refractivity contribution in [3.63, 3.8) is 0 Å². The molecule has 0 radical (unpaired) electrons. The van der Waals surface area contributed by atoms with E-state index in [1.54, 1.807) is 6.20 Å². The third-order valence-corrected chi connectivity index (χ3v) is 4.41. The van der Waals surface area contributed by atoms with Gasteiger partial charge >= 0.3 is 0 Å². The van der Waals surface area contributed by atoms with E-state index in [0.717, 1.165) is 27.7 Å². The van der Waals surface area contributed by atoms with Gasteiger partial charge in [0, 0.05) is 29.9 Å². The Labute approximate surface area is 155 Å². The van der Waals surface area contributed by atoms with Gasteiger partial charge in [0.05, 0.1) is 6.10 Å². The molecule has 0 amide bonds. The number of hydrogen-bond donors (Lipinski definition) is 3. The van der Waals surface area contributed by atoms with Gasteiger partial charge in [-0.2, -0.15) is 0 Å². The van der Waals surface area contributed by atoms with Gasteiger partial charge in [0.25, 0.3) is 0 Å². The molecule has 0 saturated heterocycles. The zero-order valence-electron chi connectivity index (χ0n) is 13.9. The Bertz CT molecular complexity index is 1030. The number of aromatic nitrogens is 3. The van der Waals surface area contributed by atoms with E-state index >= 15 is 0 Å². The van der Waals surface area contributed by atoms with Crippen LogP contribution in [0.1, 0.15) is 11.7 Å². The van der Waals surface area contributed by atoms with Gasteiger partial charge in [0.2, 0.25) is 0 Å². The number of hydrogen-bond acceptors (Lipinski definition) is 4. The maximum Gasteiger partial charge on any atom is 0.137 e. The molecule has 3 N–H and O–H groups in total. The minimum atomic E-state index is -0.627. The molecule has 0 aliphatic carbocycles. The van der Waals surface area contributed by atoms with E-state index in [-0.39, 0.29) is 0 Å². The molecule has 0 saturated carbocycles. The Kier molecular flexibility index (Phi) is 4.56. The number of anilines is 1. The molecule has 4 rings (SSSR count). The average Bonchev–Trinajstić information content (AvgIpc) is 3.10. The maximum absolute atomic E-state index is 10.3. The zero-order chi connectivity index (χ0) is 17.9. The summed E-state index contributed by atoms with van der Waals surface area (Å²) in [6.07, 6.45) is 3.03. The van der Waals surface area contributed by atoms with Crippen LogP contribution in [0.4, 0.5) is 5.82 Å². The van der Waals surface area contributed by atoms with Crippen molar-refractivity contribution in [1.82, 2.24) is 15.0 Å². The van der Waals surface area contributed by atoms with E-state index < -0.39 is 6.10 Å². The second-order valence-corrected chi connectivity index (χ2v) is 6.36. The Balaban J connectivity index is 1.59. The van der Waals surface area contributed by atoms with Crippen LogP contribution in [0, 0.1) is 0 Å². The largest absolute Gasteiger partial charge is 0.387 e. The normalized spacial score (nSPS) is 12.2. The van der Waals surface area contributed by atoms with E-state index in [1.165, 1.54) is 0 Å². The first kappa shape index (κ1) is 16.6. The number of halogens is 1. The first-order valence-electron chi connectivity index (χ1n) is 8.27. The standard InChI is InChI=1S/C20H17ClN4O/c21-18-9-14(16-11-24-20-15(16)7-4-8-22-20)10-19(25-18)23-12-17(26)13-5-2-1-3-6-13/h1-11,17,26H,12H2,(H,22,24)(H,23,25). The molecule has 4 aromatic rings. The summed E-state index contributed by atoms with van der Waals surface area (Å²) >= 11 is 6.21. The summed E-state index contributed by atoms with van der Waals surface area (Å²) in [7, 11) is 0. The van der Waals surface area contributed by atoms with Gasteiger partial charge in [0.1, 0.15) is 16.6 Å². The molecule has 130 valence electrons. The number of benzene rings is 1. The number of nitrogens with one attached hydrogen (secondary N) is 2. The van der Waals surface area contributed by atoms with Crippen LogP contribution < -0.4 is 5.32 Å². The number of aromatic amines is 1. The predicted octanol–water partition coefficient (Wildman–Crippen LogP) is 4.42. The molecule has 1 unspecified atom stereocenters. The van der Waals surface area contributed by atoms with Crippen LogP contribution in [-0.2, 0) is 0 Å². The number of pyridine rings is 2. The van der Waals surface area contributed by atoms with Gasteiger partial charge in [-0.3, -0.25) is 0 Å². The monoisotopic (exact) mass is 364 g/mol. The van der Waals surface area contributed by atoms with Crippen molar-refractivity contribution in [2.75, 3.05) is 11.9 Å². The van der Waals surface area contributed by atoms with E-state index in [2.05, 4.69) is 20.3 Å². The Morgan fingerprint density at radius 2 is 1.96 bits per heavy atom. The van der Waals surface area contributed by atoms with Crippen LogP contribution in [-0.4, -0.2) is 26.6 Å². The molecule has 0 aliphatic heterocycles. The summed E-state index contributed by atoms with van der Waals surface area (Å²) in [6, 6.07) is 17.1. The van der Waals surface area contributed by atoms with Crippen LogP contribution >= 0.6 is 11.6 Å². The molecule has 0 fully saturated rings. The summed E-state index contributed by atoms with van der Waals surface area (Å²) in [5, 5.41) is 14.9. The van der Waals surface area contributed by atoms with Crippen molar-refractivity contribution in [2.45, 2.75) is 6.10 Å². The summed E-state index contributed by atoms with van der Waals surface area (Å²) in [5.74, 6) is 0.612. The van der Waals surface area contributed by atoms with Crippen LogP contribution in [0.5, 0.6) is 0 Å². The van der Waals surface area contributed by atoms with Crippen LogP contribution in [0.25, 0.3) is 22.2 Å². The number of fused-ring (bicyclic) bond motifs is 1. The predicted molar refractivity (Wildman–Crippen MR) is 104 cm³/mol. The van der Waals surface area contributed by atoms with E-state index in [9.17, 15) is 5.11 Å². The molecule has 3 heterocycles. The van der Waals surface area contributed by atoms with Crippen molar-refractivity contribution >= 4 is 28.5 Å². The van der Waals surface area contributed by atoms with Gasteiger partial charge in [0.15, 0.2) is 0 Å². The highest BCUT2D eigenvalue weighted by Crippen LogP contribution is 2.30. The minimum absolute atomic E-state index is 0.340. The van der Waals surface area contributed by atoms with Crippen molar-refractivity contribution in [3.8, 4) is 11.1 Å². The molecule has 0 bridgehead atoms. The molecular formula is C20H17ClN4O. The number of aliphatic hydroxyl groups is 1. The summed E-state index contributed by atoms with van der Waals surface area (Å²) in [4.78, 5) is 11.8. The quantitative estimate of drug-likeness (QED) is 0.458. The number of rotatable bonds is 5. The first-order valence-corrected chi connectivity index (χ1v) is 8.65. The molecule has 1 aromatic carbocycles. The lowest BCUT2D eigenvalue weighted by molar-refractivity contribution is 0.191. The molecular weight excluding hydrogens is 348 g/mol. The number of H-pyrrole nitrogens is 1. The third kappa shape index (κ3) is 3.40. The molecule has 5 nitrogen and oxygen atoms in total. The Morgan fingerprint density at radius 1 is 1.12 bits per heavy atom. The minimum Gasteiger partial charge on any atom is -0.387 e. The average molecular weight is 365 g/mol. The fourth-order valence-electron chi connectivity index (χ4n) is 2.93. The lowest BCUT2D eigenvalue weighted by Crippen LogP contribution is -2.13. The molecule has 3 aromatic heterocycles. The zero-order valence-corrected chi connectivity index (χ0v) is 14.6. The highest BCUT2D eigenvalue weighted by molar-refractivity contribution is 6.29. The highest BCUT2D eigenvalue weighted by atomic mass is 35.5. The van der Waals surface area contributed by atoms with Gasteiger partial charge in [-0.25, -0.2) is 9.97 Å². The van der Waals surface area contributed by atoms with Gasteiger partial charge in [-0.15, -0.1) is 0 Å². The van der Waals surface area contributed by atoms with Crippen molar-refractivity contribution < 1.29 is 5.11 Å². The summed E-state index contributed by atoms with van der Waals surface area (Å²) < 4.78 is 0. The molecule has 1 atom stereocenters. The number of nitrogens with zero attached hydrogens (tertiary/aromatic N) is 2. The van der Waals surface area contributed by atoms with Crippen LogP contribution in [0.3, 0.4) is 0 Å². The van der Waals surface area contributed by atoms with Gasteiger partial charge < -0.3 is 15.4 Å². The molecule has 6 heteroatoms.